The van der Waals surface area contributed by atoms with Gasteiger partial charge in [-0.15, -0.1) is 0 Å². The molecule has 3 N–H and O–H groups in total. The highest BCUT2D eigenvalue weighted by atomic mass is 16.2. The van der Waals surface area contributed by atoms with Crippen LogP contribution in [0.25, 0.3) is 0 Å². The Morgan fingerprint density at radius 3 is 2.73 bits per heavy atom. The van der Waals surface area contributed by atoms with Crippen molar-refractivity contribution in [1.29, 1.82) is 0 Å². The molecule has 1 spiro atoms. The molecule has 7 heteroatoms. The summed E-state index contributed by atoms with van der Waals surface area (Å²) >= 11 is 0. The van der Waals surface area contributed by atoms with Gasteiger partial charge in [0.25, 0.3) is 5.91 Å². The average Bonchev–Trinajstić information content (AvgIpc) is 3.19. The fourth-order valence-corrected chi connectivity index (χ4v) is 4.45. The molecule has 4 amide bonds. The monoisotopic (exact) mass is 356 g/mol. The average molecular weight is 356 g/mol. The third-order valence-corrected chi connectivity index (χ3v) is 5.84. The van der Waals surface area contributed by atoms with Crippen LogP contribution in [-0.4, -0.2) is 41.4 Å². The number of carbonyl (C=O) groups is 3. The second kappa shape index (κ2) is 6.30. The van der Waals surface area contributed by atoms with Gasteiger partial charge in [0.15, 0.2) is 0 Å². The van der Waals surface area contributed by atoms with Gasteiger partial charge in [0.1, 0.15) is 5.54 Å². The lowest BCUT2D eigenvalue weighted by Crippen LogP contribution is -2.44. The van der Waals surface area contributed by atoms with Gasteiger partial charge in [0.05, 0.1) is 0 Å². The highest BCUT2D eigenvalue weighted by molar-refractivity contribution is 6.07. The second-order valence-corrected chi connectivity index (χ2v) is 7.42. The summed E-state index contributed by atoms with van der Waals surface area (Å²) in [6, 6.07) is 5.24. The normalized spacial score (nSPS) is 21.2. The molecule has 0 aromatic heterocycles. The van der Waals surface area contributed by atoms with Crippen molar-refractivity contribution in [2.45, 2.75) is 50.5 Å². The van der Waals surface area contributed by atoms with Gasteiger partial charge in [-0.1, -0.05) is 18.9 Å². The minimum absolute atomic E-state index is 0.0791. The molecule has 7 nitrogen and oxygen atoms in total. The number of nitrogens with two attached hydrogens (primary N) is 1. The standard InChI is InChI=1S/C19H24N4O3/c20-14-6-3-7-15-13(14)5-4-11-22(15)16(24)8-12-23-17(25)19(21-18(23)26)9-1-2-10-19/h3,6-7H,1-2,4-5,8-12,20H2,(H,21,26). The first-order valence-electron chi connectivity index (χ1n) is 9.34. The molecule has 3 aliphatic rings. The van der Waals surface area contributed by atoms with Gasteiger partial charge in [-0.25, -0.2) is 4.79 Å². The van der Waals surface area contributed by atoms with Gasteiger partial charge < -0.3 is 16.0 Å². The van der Waals surface area contributed by atoms with E-state index in [-0.39, 0.29) is 30.8 Å². The summed E-state index contributed by atoms with van der Waals surface area (Å²) in [5.41, 5.74) is 7.89. The number of nitrogen functional groups attached to an aromatic ring is 1. The van der Waals surface area contributed by atoms with E-state index in [9.17, 15) is 14.4 Å². The van der Waals surface area contributed by atoms with Gasteiger partial charge in [-0.2, -0.15) is 0 Å². The Hall–Kier alpha value is -2.57. The number of rotatable bonds is 3. The lowest BCUT2D eigenvalue weighted by Gasteiger charge is -2.30. The SMILES string of the molecule is Nc1cccc2c1CCCN2C(=O)CCN1C(=O)NC2(CCCC2)C1=O. The molecule has 2 heterocycles. The molecule has 138 valence electrons. The highest BCUT2D eigenvalue weighted by Gasteiger charge is 2.52. The molecule has 4 rings (SSSR count). The van der Waals surface area contributed by atoms with Crippen LogP contribution < -0.4 is 16.0 Å². The lowest BCUT2D eigenvalue weighted by atomic mass is 9.98. The van der Waals surface area contributed by atoms with Crippen LogP contribution in [0.15, 0.2) is 18.2 Å². The molecule has 0 unspecified atom stereocenters. The molecule has 1 aromatic rings. The topological polar surface area (TPSA) is 95.7 Å². The van der Waals surface area contributed by atoms with Crippen molar-refractivity contribution in [3.8, 4) is 0 Å². The number of nitrogens with zero attached hydrogens (tertiary/aromatic N) is 2. The number of nitrogens with one attached hydrogen (secondary N) is 1. The molecule has 1 aliphatic carbocycles. The summed E-state index contributed by atoms with van der Waals surface area (Å²) in [6.07, 6.45) is 5.14. The van der Waals surface area contributed by atoms with Crippen molar-refractivity contribution in [2.24, 2.45) is 0 Å². The van der Waals surface area contributed by atoms with E-state index in [1.807, 2.05) is 18.2 Å². The van der Waals surface area contributed by atoms with Gasteiger partial charge in [-0.05, 0) is 43.4 Å². The zero-order valence-corrected chi connectivity index (χ0v) is 14.8. The summed E-state index contributed by atoms with van der Waals surface area (Å²) in [7, 11) is 0. The Morgan fingerprint density at radius 1 is 1.19 bits per heavy atom. The Morgan fingerprint density at radius 2 is 1.96 bits per heavy atom. The van der Waals surface area contributed by atoms with E-state index in [1.165, 1.54) is 4.90 Å². The molecule has 1 aromatic carbocycles. The second-order valence-electron chi connectivity index (χ2n) is 7.42. The zero-order chi connectivity index (χ0) is 18.3. The number of urea groups is 1. The van der Waals surface area contributed by atoms with Crippen LogP contribution in [0.3, 0.4) is 0 Å². The molecular weight excluding hydrogens is 332 g/mol. The fraction of sp³-hybridized carbons (Fsp3) is 0.526. The van der Waals surface area contributed by atoms with Gasteiger partial charge in [-0.3, -0.25) is 14.5 Å². The number of amides is 4. The summed E-state index contributed by atoms with van der Waals surface area (Å²) in [6.45, 7) is 0.763. The molecule has 0 atom stereocenters. The largest absolute Gasteiger partial charge is 0.398 e. The third kappa shape index (κ3) is 2.62. The van der Waals surface area contributed by atoms with Crippen LogP contribution in [-0.2, 0) is 16.0 Å². The summed E-state index contributed by atoms with van der Waals surface area (Å²) in [4.78, 5) is 40.6. The van der Waals surface area contributed by atoms with Crippen LogP contribution in [0.2, 0.25) is 0 Å². The number of hydrogen-bond donors (Lipinski definition) is 2. The Labute approximate surface area is 152 Å². The number of carbonyl (C=O) groups excluding carboxylic acids is 3. The lowest BCUT2D eigenvalue weighted by molar-refractivity contribution is -0.131. The zero-order valence-electron chi connectivity index (χ0n) is 14.8. The van der Waals surface area contributed by atoms with Crippen LogP contribution in [0, 0.1) is 0 Å². The van der Waals surface area contributed by atoms with Crippen LogP contribution in [0.4, 0.5) is 16.2 Å². The molecule has 0 bridgehead atoms. The van der Waals surface area contributed by atoms with Crippen molar-refractivity contribution >= 4 is 29.2 Å². The minimum Gasteiger partial charge on any atom is -0.398 e. The van der Waals surface area contributed by atoms with Crippen LogP contribution in [0.1, 0.15) is 44.1 Å². The van der Waals surface area contributed by atoms with E-state index in [1.54, 1.807) is 4.90 Å². The van der Waals surface area contributed by atoms with Gasteiger partial charge in [0.2, 0.25) is 5.91 Å². The van der Waals surface area contributed by atoms with E-state index in [0.717, 1.165) is 36.9 Å². The fourth-order valence-electron chi connectivity index (χ4n) is 4.45. The van der Waals surface area contributed by atoms with Crippen LogP contribution in [0.5, 0.6) is 0 Å². The van der Waals surface area contributed by atoms with Crippen molar-refractivity contribution in [3.63, 3.8) is 0 Å². The summed E-state index contributed by atoms with van der Waals surface area (Å²) in [5.74, 6) is -0.249. The molecule has 26 heavy (non-hydrogen) atoms. The Balaban J connectivity index is 1.45. The van der Waals surface area contributed by atoms with Gasteiger partial charge >= 0.3 is 6.03 Å². The number of anilines is 2. The molecular formula is C19H24N4O3. The van der Waals surface area contributed by atoms with E-state index >= 15 is 0 Å². The van der Waals surface area contributed by atoms with E-state index < -0.39 is 5.54 Å². The quantitative estimate of drug-likeness (QED) is 0.638. The van der Waals surface area contributed by atoms with Crippen molar-refractivity contribution < 1.29 is 14.4 Å². The van der Waals surface area contributed by atoms with Crippen molar-refractivity contribution in [3.05, 3.63) is 23.8 Å². The smallest absolute Gasteiger partial charge is 0.325 e. The van der Waals surface area contributed by atoms with Crippen molar-refractivity contribution in [1.82, 2.24) is 10.2 Å². The molecule has 1 saturated heterocycles. The molecule has 2 fully saturated rings. The Bertz CT molecular complexity index is 770. The van der Waals surface area contributed by atoms with Gasteiger partial charge in [0, 0.05) is 30.9 Å². The minimum atomic E-state index is -0.716. The summed E-state index contributed by atoms with van der Waals surface area (Å²) in [5, 5.41) is 2.85. The Kier molecular flexibility index (Phi) is 4.09. The van der Waals surface area contributed by atoms with Crippen molar-refractivity contribution in [2.75, 3.05) is 23.7 Å². The highest BCUT2D eigenvalue weighted by Crippen LogP contribution is 2.35. The number of imide groups is 1. The predicted molar refractivity (Wildman–Crippen MR) is 97.6 cm³/mol. The maximum absolute atomic E-state index is 12.8. The maximum Gasteiger partial charge on any atom is 0.325 e. The van der Waals surface area contributed by atoms with Crippen LogP contribution >= 0.6 is 0 Å². The van der Waals surface area contributed by atoms with E-state index in [4.69, 9.17) is 5.73 Å². The number of fused-ring (bicyclic) bond motifs is 1. The number of benzene rings is 1. The first-order valence-corrected chi connectivity index (χ1v) is 9.34. The van der Waals surface area contributed by atoms with E-state index in [2.05, 4.69) is 5.32 Å². The third-order valence-electron chi connectivity index (χ3n) is 5.84. The van der Waals surface area contributed by atoms with E-state index in [0.29, 0.717) is 25.1 Å². The summed E-state index contributed by atoms with van der Waals surface area (Å²) < 4.78 is 0. The first-order chi connectivity index (χ1) is 12.5. The maximum atomic E-state index is 12.8. The molecule has 1 saturated carbocycles. The molecule has 0 radical (unpaired) electrons. The predicted octanol–water partition coefficient (Wildman–Crippen LogP) is 1.80. The first kappa shape index (κ1) is 16.9. The number of hydrogen-bond acceptors (Lipinski definition) is 4. The molecule has 2 aliphatic heterocycles.